The van der Waals surface area contributed by atoms with Crippen LogP contribution in [0.25, 0.3) is 0 Å². The molecule has 0 spiro atoms. The molecule has 11 heavy (non-hydrogen) atoms. The summed E-state index contributed by atoms with van der Waals surface area (Å²) < 4.78 is 0. The lowest BCUT2D eigenvalue weighted by Gasteiger charge is -2.13. The molecule has 0 heterocycles. The van der Waals surface area contributed by atoms with Gasteiger partial charge in [-0.25, -0.2) is 0 Å². The first-order valence-corrected chi connectivity index (χ1v) is 3.23. The monoisotopic (exact) mass is 145 g/mol. The Balaban J connectivity index is 2.88. The highest BCUT2D eigenvalue weighted by Crippen LogP contribution is 2.14. The molecule has 0 aromatic carbocycles. The van der Waals surface area contributed by atoms with E-state index in [-0.39, 0.29) is 12.0 Å². The summed E-state index contributed by atoms with van der Waals surface area (Å²) in [4.78, 5) is 0. The fraction of sp³-hybridized carbons (Fsp3) is 0.250. The molecule has 0 aromatic heterocycles. The van der Waals surface area contributed by atoms with Gasteiger partial charge in [-0.1, -0.05) is 6.08 Å². The van der Waals surface area contributed by atoms with Crippen molar-refractivity contribution in [2.45, 2.75) is 6.04 Å². The van der Waals surface area contributed by atoms with Crippen molar-refractivity contribution in [3.05, 3.63) is 23.8 Å². The van der Waals surface area contributed by atoms with Crippen LogP contribution in [0, 0.1) is 28.6 Å². The molecule has 1 rings (SSSR count). The average Bonchev–Trinajstić information content (AvgIpc) is 2.05. The summed E-state index contributed by atoms with van der Waals surface area (Å²) in [5, 5.41) is 17.0. The molecule has 54 valence electrons. The maximum atomic E-state index is 8.56. The van der Waals surface area contributed by atoms with Crippen molar-refractivity contribution in [3.8, 4) is 12.1 Å². The molecule has 0 saturated heterocycles. The molecule has 1 aliphatic carbocycles. The van der Waals surface area contributed by atoms with Crippen LogP contribution in [-0.2, 0) is 0 Å². The van der Waals surface area contributed by atoms with Crippen molar-refractivity contribution < 1.29 is 0 Å². The van der Waals surface area contributed by atoms with Crippen molar-refractivity contribution in [1.82, 2.24) is 0 Å². The molecule has 2 unspecified atom stereocenters. The fourth-order valence-electron chi connectivity index (χ4n) is 0.892. The maximum Gasteiger partial charge on any atom is 0.0988 e. The molecule has 2 atom stereocenters. The summed E-state index contributed by atoms with van der Waals surface area (Å²) in [6.07, 6.45) is 4.90. The summed E-state index contributed by atoms with van der Waals surface area (Å²) in [5.41, 5.74) is 6.06. The molecule has 0 amide bonds. The van der Waals surface area contributed by atoms with Crippen LogP contribution in [0.3, 0.4) is 0 Å². The number of allylic oxidation sites excluding steroid dienone is 2. The Hall–Kier alpha value is -1.58. The Labute approximate surface area is 65.0 Å². The van der Waals surface area contributed by atoms with Crippen LogP contribution in [0.15, 0.2) is 23.8 Å². The summed E-state index contributed by atoms with van der Waals surface area (Å²) >= 11 is 0. The third-order valence-corrected chi connectivity index (χ3v) is 1.55. The number of hydrogen-bond acceptors (Lipinski definition) is 3. The first kappa shape index (κ1) is 7.53. The van der Waals surface area contributed by atoms with E-state index in [1.165, 1.54) is 0 Å². The van der Waals surface area contributed by atoms with Gasteiger partial charge < -0.3 is 5.73 Å². The van der Waals surface area contributed by atoms with Gasteiger partial charge in [0.05, 0.1) is 18.1 Å². The van der Waals surface area contributed by atoms with Gasteiger partial charge in [0.15, 0.2) is 0 Å². The molecule has 0 fully saturated rings. The predicted molar refractivity (Wildman–Crippen MR) is 39.9 cm³/mol. The highest BCUT2D eigenvalue weighted by Gasteiger charge is 2.15. The van der Waals surface area contributed by atoms with Crippen LogP contribution in [0.2, 0.25) is 0 Å². The van der Waals surface area contributed by atoms with E-state index in [4.69, 9.17) is 16.3 Å². The molecule has 3 nitrogen and oxygen atoms in total. The Morgan fingerprint density at radius 1 is 1.45 bits per heavy atom. The quantitative estimate of drug-likeness (QED) is 0.538. The molecule has 1 aliphatic rings. The van der Waals surface area contributed by atoms with E-state index in [9.17, 15) is 0 Å². The van der Waals surface area contributed by atoms with E-state index >= 15 is 0 Å². The normalized spacial score (nSPS) is 28.5. The second-order valence-corrected chi connectivity index (χ2v) is 2.33. The lowest BCUT2D eigenvalue weighted by Crippen LogP contribution is -2.27. The fourth-order valence-corrected chi connectivity index (χ4v) is 0.892. The topological polar surface area (TPSA) is 73.6 Å². The standard InChI is InChI=1S/C8H7N3/c9-4-6-1-2-8(11)7(3-6)5-10/h1-3,7-8H,11H2. The maximum absolute atomic E-state index is 8.56. The number of nitrogens with zero attached hydrogens (tertiary/aromatic N) is 2. The minimum Gasteiger partial charge on any atom is -0.323 e. The van der Waals surface area contributed by atoms with E-state index in [0.717, 1.165) is 0 Å². The average molecular weight is 145 g/mol. The molecule has 0 saturated carbocycles. The first-order valence-electron chi connectivity index (χ1n) is 3.23. The Morgan fingerprint density at radius 2 is 2.18 bits per heavy atom. The van der Waals surface area contributed by atoms with E-state index in [2.05, 4.69) is 0 Å². The van der Waals surface area contributed by atoms with E-state index in [1.807, 2.05) is 12.1 Å². The molecule has 0 bridgehead atoms. The van der Waals surface area contributed by atoms with Crippen LogP contribution >= 0.6 is 0 Å². The lowest BCUT2D eigenvalue weighted by atomic mass is 9.94. The van der Waals surface area contributed by atoms with E-state index < -0.39 is 0 Å². The molecule has 3 heteroatoms. The third-order valence-electron chi connectivity index (χ3n) is 1.55. The second kappa shape index (κ2) is 3.01. The highest BCUT2D eigenvalue weighted by molar-refractivity contribution is 5.39. The molecule has 0 aliphatic heterocycles. The van der Waals surface area contributed by atoms with E-state index in [0.29, 0.717) is 5.57 Å². The molecule has 0 aromatic rings. The van der Waals surface area contributed by atoms with Gasteiger partial charge in [-0.15, -0.1) is 0 Å². The highest BCUT2D eigenvalue weighted by atomic mass is 14.6. The summed E-state index contributed by atoms with van der Waals surface area (Å²) in [7, 11) is 0. The van der Waals surface area contributed by atoms with Crippen molar-refractivity contribution >= 4 is 0 Å². The van der Waals surface area contributed by atoms with Gasteiger partial charge in [0, 0.05) is 11.6 Å². The third kappa shape index (κ3) is 1.46. The van der Waals surface area contributed by atoms with E-state index in [1.54, 1.807) is 18.2 Å². The largest absolute Gasteiger partial charge is 0.323 e. The number of nitriles is 2. The number of hydrogen-bond donors (Lipinski definition) is 1. The van der Waals surface area contributed by atoms with Crippen LogP contribution in [0.4, 0.5) is 0 Å². The molecular formula is C8H7N3. The Morgan fingerprint density at radius 3 is 2.73 bits per heavy atom. The summed E-state index contributed by atoms with van der Waals surface area (Å²) in [6, 6.07) is 3.70. The van der Waals surface area contributed by atoms with Crippen molar-refractivity contribution in [3.63, 3.8) is 0 Å². The first-order chi connectivity index (χ1) is 5.27. The number of nitrogens with two attached hydrogens (primary N) is 1. The van der Waals surface area contributed by atoms with Gasteiger partial charge in [-0.3, -0.25) is 0 Å². The summed E-state index contributed by atoms with van der Waals surface area (Å²) in [5.74, 6) is -0.352. The zero-order valence-electron chi connectivity index (χ0n) is 5.86. The number of rotatable bonds is 0. The predicted octanol–water partition coefficient (Wildman–Crippen LogP) is 0.473. The van der Waals surface area contributed by atoms with Crippen LogP contribution < -0.4 is 5.73 Å². The Bertz CT molecular complexity index is 287. The van der Waals surface area contributed by atoms with Gasteiger partial charge in [-0.2, -0.15) is 10.5 Å². The van der Waals surface area contributed by atoms with Gasteiger partial charge in [0.2, 0.25) is 0 Å². The molecule has 0 radical (unpaired) electrons. The SMILES string of the molecule is N#CC1=CC(C#N)C(N)C=C1. The second-order valence-electron chi connectivity index (χ2n) is 2.33. The van der Waals surface area contributed by atoms with Gasteiger partial charge in [-0.05, 0) is 12.2 Å². The summed E-state index contributed by atoms with van der Waals surface area (Å²) in [6.45, 7) is 0. The Kier molecular flexibility index (Phi) is 2.06. The van der Waals surface area contributed by atoms with Crippen molar-refractivity contribution in [2.75, 3.05) is 0 Å². The minimum absolute atomic E-state index is 0.267. The van der Waals surface area contributed by atoms with Gasteiger partial charge in [0.25, 0.3) is 0 Å². The van der Waals surface area contributed by atoms with Crippen LogP contribution in [0.1, 0.15) is 0 Å². The van der Waals surface area contributed by atoms with Crippen molar-refractivity contribution in [2.24, 2.45) is 11.7 Å². The van der Waals surface area contributed by atoms with Crippen LogP contribution in [-0.4, -0.2) is 6.04 Å². The lowest BCUT2D eigenvalue weighted by molar-refractivity contribution is 0.693. The van der Waals surface area contributed by atoms with Crippen molar-refractivity contribution in [1.29, 1.82) is 10.5 Å². The molecule has 2 N–H and O–H groups in total. The van der Waals surface area contributed by atoms with Gasteiger partial charge in [0.1, 0.15) is 0 Å². The zero-order valence-corrected chi connectivity index (χ0v) is 5.86. The van der Waals surface area contributed by atoms with Crippen LogP contribution in [0.5, 0.6) is 0 Å². The zero-order chi connectivity index (χ0) is 8.27. The minimum atomic E-state index is -0.352. The molecular weight excluding hydrogens is 138 g/mol. The smallest absolute Gasteiger partial charge is 0.0988 e. The van der Waals surface area contributed by atoms with Gasteiger partial charge >= 0.3 is 0 Å².